The van der Waals surface area contributed by atoms with Crippen LogP contribution < -0.4 is 25.4 Å². The molecule has 0 saturated carbocycles. The molecule has 12 heteroatoms. The lowest BCUT2D eigenvalue weighted by Crippen LogP contribution is -2.48. The van der Waals surface area contributed by atoms with E-state index in [1.807, 2.05) is 49.9 Å². The molecule has 4 aromatic rings. The van der Waals surface area contributed by atoms with Gasteiger partial charge in [-0.25, -0.2) is 18.0 Å². The Hall–Kier alpha value is -4.74. The summed E-state index contributed by atoms with van der Waals surface area (Å²) in [5.74, 6) is -4.05. The van der Waals surface area contributed by atoms with Crippen LogP contribution in [0.15, 0.2) is 78.9 Å². The van der Waals surface area contributed by atoms with Crippen LogP contribution in [-0.2, 0) is 16.8 Å². The summed E-state index contributed by atoms with van der Waals surface area (Å²) in [6, 6.07) is 19.1. The van der Waals surface area contributed by atoms with Gasteiger partial charge in [0.1, 0.15) is 17.3 Å². The van der Waals surface area contributed by atoms with Crippen molar-refractivity contribution in [2.24, 2.45) is 11.1 Å². The molecule has 51 heavy (non-hydrogen) atoms. The number of amides is 1. The van der Waals surface area contributed by atoms with E-state index in [1.165, 1.54) is 37.4 Å². The number of carboxylic acid groups (broad SMARTS) is 1. The van der Waals surface area contributed by atoms with E-state index in [0.717, 1.165) is 11.6 Å². The third-order valence-corrected chi connectivity index (χ3v) is 9.69. The molecular weight excluding hydrogens is 683 g/mol. The van der Waals surface area contributed by atoms with Crippen LogP contribution in [0.2, 0.25) is 5.02 Å². The number of nitrogens with one attached hydrogen (secondary N) is 1. The highest BCUT2D eigenvalue weighted by molar-refractivity contribution is 6.31. The van der Waals surface area contributed by atoms with Crippen molar-refractivity contribution in [2.45, 2.75) is 57.2 Å². The predicted octanol–water partition coefficient (Wildman–Crippen LogP) is 7.46. The smallest absolute Gasteiger partial charge is 0.335 e. The molecule has 0 bridgehead atoms. The van der Waals surface area contributed by atoms with Crippen molar-refractivity contribution in [3.8, 4) is 11.5 Å². The number of nitrogens with two attached hydrogens (primary N) is 1. The molecule has 2 aliphatic heterocycles. The summed E-state index contributed by atoms with van der Waals surface area (Å²) in [7, 11) is 3.09. The third-order valence-electron chi connectivity index (χ3n) is 9.47. The van der Waals surface area contributed by atoms with E-state index in [2.05, 4.69) is 5.32 Å². The summed E-state index contributed by atoms with van der Waals surface area (Å²) in [5, 5.41) is 12.1. The second-order valence-electron chi connectivity index (χ2n) is 14.0. The fraction of sp³-hybridized carbons (Fsp3) is 0.333. The quantitative estimate of drug-likeness (QED) is 0.173. The molecule has 8 nitrogen and oxygen atoms in total. The number of carbonyl (C=O) groups excluding carboxylic acids is 1. The number of primary amides is 1. The van der Waals surface area contributed by atoms with Crippen LogP contribution in [0.25, 0.3) is 0 Å². The number of methoxy groups -OCH3 is 2. The predicted molar refractivity (Wildman–Crippen MR) is 190 cm³/mol. The minimum atomic E-state index is -1.17. The van der Waals surface area contributed by atoms with E-state index < -0.39 is 52.7 Å². The van der Waals surface area contributed by atoms with Gasteiger partial charge in [-0.3, -0.25) is 4.79 Å². The first-order chi connectivity index (χ1) is 24.1. The van der Waals surface area contributed by atoms with Crippen LogP contribution in [-0.4, -0.2) is 49.8 Å². The summed E-state index contributed by atoms with van der Waals surface area (Å²) in [6.45, 7) is 6.74. The first-order valence-electron chi connectivity index (χ1n) is 16.3. The summed E-state index contributed by atoms with van der Waals surface area (Å²) >= 11 is 6.37. The Kier molecular flexibility index (Phi) is 10.9. The zero-order valence-electron chi connectivity index (χ0n) is 29.0. The highest BCUT2D eigenvalue weighted by Crippen LogP contribution is 2.59. The van der Waals surface area contributed by atoms with Gasteiger partial charge in [-0.15, -0.1) is 0 Å². The summed E-state index contributed by atoms with van der Waals surface area (Å²) < 4.78 is 56.5. The van der Waals surface area contributed by atoms with Gasteiger partial charge < -0.3 is 30.5 Å². The fourth-order valence-corrected chi connectivity index (χ4v) is 7.63. The number of ether oxygens (including phenoxy) is 2. The first kappa shape index (κ1) is 37.5. The number of carbonyl (C=O) groups is 2. The van der Waals surface area contributed by atoms with E-state index in [0.29, 0.717) is 35.7 Å². The van der Waals surface area contributed by atoms with Crippen LogP contribution in [0.4, 0.5) is 18.9 Å². The zero-order valence-corrected chi connectivity index (χ0v) is 29.7. The Labute approximate surface area is 300 Å². The third kappa shape index (κ3) is 7.64. The Balaban J connectivity index is 0.000000392. The Morgan fingerprint density at radius 1 is 0.961 bits per heavy atom. The van der Waals surface area contributed by atoms with E-state index in [4.69, 9.17) is 31.9 Å². The first-order valence-corrected chi connectivity index (χ1v) is 16.7. The number of anilines is 1. The largest absolute Gasteiger partial charge is 0.497 e. The average Bonchev–Trinajstić information content (AvgIpc) is 3.56. The number of benzene rings is 4. The Morgan fingerprint density at radius 2 is 1.63 bits per heavy atom. The minimum Gasteiger partial charge on any atom is -0.497 e. The normalized spacial score (nSPS) is 20.8. The molecule has 2 aliphatic rings. The van der Waals surface area contributed by atoms with Gasteiger partial charge in [-0.05, 0) is 71.5 Å². The molecule has 0 radical (unpaired) electrons. The van der Waals surface area contributed by atoms with E-state index in [1.54, 1.807) is 25.3 Å². The van der Waals surface area contributed by atoms with Gasteiger partial charge in [0.05, 0.1) is 25.8 Å². The van der Waals surface area contributed by atoms with Crippen molar-refractivity contribution in [1.29, 1.82) is 0 Å². The number of fused-ring (bicyclic) bond motifs is 2. The topological polar surface area (TPSA) is 114 Å². The van der Waals surface area contributed by atoms with E-state index in [-0.39, 0.29) is 28.1 Å². The molecule has 4 atom stereocenters. The van der Waals surface area contributed by atoms with Gasteiger partial charge in [0.25, 0.3) is 0 Å². The molecule has 4 N–H and O–H groups in total. The van der Waals surface area contributed by atoms with Crippen LogP contribution in [0.3, 0.4) is 0 Å². The van der Waals surface area contributed by atoms with Gasteiger partial charge in [0.15, 0.2) is 11.6 Å². The van der Waals surface area contributed by atoms with Crippen LogP contribution in [0.5, 0.6) is 11.5 Å². The standard InChI is InChI=1S/C31H33ClF3N3O2.C8H8O3/c1-30(2,3)14-24-31(25(28(37-24)29(36)39)20-6-5-7-21(33)27(20)35)16-38(15-17-8-10-19(40-4)11-9-17)23-13-18(32)12-22(34)26(23)31;1-11-7-4-2-3-6(5-7)8(9)10/h5-13,24-25,28,37H,14-16H2,1-4H3,(H2,36,39);2-5H,1H3,(H,9,10)/t24-,25-,28+,31-;/m0./s1. The van der Waals surface area contributed by atoms with E-state index >= 15 is 8.78 Å². The highest BCUT2D eigenvalue weighted by atomic mass is 35.5. The molecular formula is C39H41ClF3N3O5. The van der Waals surface area contributed by atoms with Crippen molar-refractivity contribution in [2.75, 3.05) is 25.7 Å². The Bertz CT molecular complexity index is 1920. The number of hydrogen-bond acceptors (Lipinski definition) is 6. The summed E-state index contributed by atoms with van der Waals surface area (Å²) in [6.07, 6.45) is 0.516. The van der Waals surface area contributed by atoms with Gasteiger partial charge in [-0.1, -0.05) is 62.7 Å². The Morgan fingerprint density at radius 3 is 2.24 bits per heavy atom. The zero-order chi connectivity index (χ0) is 37.2. The monoisotopic (exact) mass is 723 g/mol. The maximum Gasteiger partial charge on any atom is 0.335 e. The number of nitrogens with zero attached hydrogens (tertiary/aromatic N) is 1. The molecule has 0 aromatic heterocycles. The molecule has 2 heterocycles. The molecule has 270 valence electrons. The van der Waals surface area contributed by atoms with Crippen molar-refractivity contribution in [1.82, 2.24) is 5.32 Å². The summed E-state index contributed by atoms with van der Waals surface area (Å²) in [4.78, 5) is 25.3. The van der Waals surface area contributed by atoms with Crippen molar-refractivity contribution >= 4 is 29.2 Å². The SMILES string of the molecule is COc1ccc(CN2C[C@]3(c4c(F)cc(Cl)cc42)[C@H](CC(C)(C)C)N[C@@H](C(N)=O)[C@@H]3c2cccc(F)c2F)cc1.COc1cccc(C(=O)O)c1. The van der Waals surface area contributed by atoms with Gasteiger partial charge >= 0.3 is 5.97 Å². The van der Waals surface area contributed by atoms with Gasteiger partial charge in [0.2, 0.25) is 5.91 Å². The maximum atomic E-state index is 16.2. The number of aromatic carboxylic acids is 1. The molecule has 4 aromatic carbocycles. The molecule has 0 unspecified atom stereocenters. The van der Waals surface area contributed by atoms with Crippen LogP contribution in [0.1, 0.15) is 60.2 Å². The molecule has 1 amide bonds. The number of hydrogen-bond donors (Lipinski definition) is 3. The number of halogens is 4. The molecule has 6 rings (SSSR count). The molecule has 1 fully saturated rings. The molecule has 0 aliphatic carbocycles. The fourth-order valence-electron chi connectivity index (χ4n) is 7.43. The summed E-state index contributed by atoms with van der Waals surface area (Å²) in [5.41, 5.74) is 6.51. The van der Waals surface area contributed by atoms with Gasteiger partial charge in [-0.2, -0.15) is 0 Å². The highest BCUT2D eigenvalue weighted by Gasteiger charge is 2.63. The second kappa shape index (κ2) is 14.9. The number of rotatable bonds is 8. The maximum absolute atomic E-state index is 16.2. The lowest BCUT2D eigenvalue weighted by molar-refractivity contribution is -0.120. The lowest BCUT2D eigenvalue weighted by Gasteiger charge is -2.40. The van der Waals surface area contributed by atoms with Crippen molar-refractivity contribution in [3.05, 3.63) is 124 Å². The van der Waals surface area contributed by atoms with Crippen molar-refractivity contribution < 1.29 is 37.3 Å². The van der Waals surface area contributed by atoms with Crippen LogP contribution in [0, 0.1) is 22.9 Å². The van der Waals surface area contributed by atoms with Crippen LogP contribution >= 0.6 is 11.6 Å². The number of carboxylic acids is 1. The van der Waals surface area contributed by atoms with Crippen molar-refractivity contribution in [3.63, 3.8) is 0 Å². The molecule has 1 saturated heterocycles. The van der Waals surface area contributed by atoms with E-state index in [9.17, 15) is 14.0 Å². The average molecular weight is 724 g/mol. The second-order valence-corrected chi connectivity index (χ2v) is 14.5. The van der Waals surface area contributed by atoms with Gasteiger partial charge in [0, 0.05) is 46.7 Å². The lowest BCUT2D eigenvalue weighted by atomic mass is 9.62. The molecule has 1 spiro atoms. The minimum absolute atomic E-state index is 0.0145.